The molecule has 1 amide bonds. The Labute approximate surface area is 113 Å². The molecular formula is C13H14F3NO3. The second kappa shape index (κ2) is 5.60. The van der Waals surface area contributed by atoms with Crippen LogP contribution in [0.4, 0.5) is 18.0 Å². The van der Waals surface area contributed by atoms with Crippen molar-refractivity contribution in [3.63, 3.8) is 0 Å². The van der Waals surface area contributed by atoms with Crippen LogP contribution < -0.4 is 4.74 Å². The van der Waals surface area contributed by atoms with Gasteiger partial charge in [0.15, 0.2) is 0 Å². The van der Waals surface area contributed by atoms with Crippen molar-refractivity contribution in [1.29, 1.82) is 0 Å². The molecule has 4 nitrogen and oxygen atoms in total. The molecule has 0 atom stereocenters. The topological polar surface area (TPSA) is 49.8 Å². The Morgan fingerprint density at radius 1 is 1.20 bits per heavy atom. The number of nitrogens with zero attached hydrogens (tertiary/aromatic N) is 1. The second-order valence-corrected chi connectivity index (χ2v) is 4.61. The van der Waals surface area contributed by atoms with Crippen molar-refractivity contribution < 1.29 is 27.8 Å². The van der Waals surface area contributed by atoms with Gasteiger partial charge in [-0.3, -0.25) is 0 Å². The first-order valence-corrected chi connectivity index (χ1v) is 6.18. The molecule has 1 aromatic carbocycles. The van der Waals surface area contributed by atoms with Crippen LogP contribution in [0.5, 0.6) is 5.75 Å². The number of hydrogen-bond acceptors (Lipinski definition) is 2. The molecule has 0 radical (unpaired) electrons. The van der Waals surface area contributed by atoms with Crippen molar-refractivity contribution in [3.05, 3.63) is 29.8 Å². The van der Waals surface area contributed by atoms with E-state index in [1.807, 2.05) is 0 Å². The zero-order valence-electron chi connectivity index (χ0n) is 10.6. The third-order valence-corrected chi connectivity index (χ3v) is 3.20. The molecule has 2 rings (SSSR count). The monoisotopic (exact) mass is 289 g/mol. The molecule has 0 spiro atoms. The first-order chi connectivity index (χ1) is 9.36. The number of piperidine rings is 1. The summed E-state index contributed by atoms with van der Waals surface area (Å²) >= 11 is 0. The smallest absolute Gasteiger partial charge is 0.416 e. The summed E-state index contributed by atoms with van der Waals surface area (Å²) in [4.78, 5) is 12.0. The van der Waals surface area contributed by atoms with Crippen molar-refractivity contribution >= 4 is 6.09 Å². The average Bonchev–Trinajstić information content (AvgIpc) is 2.39. The van der Waals surface area contributed by atoms with E-state index >= 15 is 0 Å². The number of alkyl halides is 3. The standard InChI is InChI=1S/C13H14F3NO3/c14-13(15,16)9-1-3-10(4-2-9)20-11-5-7-17(8-6-11)12(18)19/h1-4,11H,5-8H2,(H,18,19). The van der Waals surface area contributed by atoms with Crippen molar-refractivity contribution in [3.8, 4) is 5.75 Å². The van der Waals surface area contributed by atoms with E-state index in [0.717, 1.165) is 12.1 Å². The van der Waals surface area contributed by atoms with Crippen LogP contribution in [0.25, 0.3) is 0 Å². The van der Waals surface area contributed by atoms with E-state index < -0.39 is 17.8 Å². The highest BCUT2D eigenvalue weighted by Crippen LogP contribution is 2.30. The van der Waals surface area contributed by atoms with Crippen molar-refractivity contribution in [2.45, 2.75) is 25.1 Å². The number of ether oxygens (including phenoxy) is 1. The Kier molecular flexibility index (Phi) is 4.06. The highest BCUT2D eigenvalue weighted by molar-refractivity contribution is 5.65. The van der Waals surface area contributed by atoms with Crippen LogP contribution in [0.15, 0.2) is 24.3 Å². The van der Waals surface area contributed by atoms with Crippen LogP contribution >= 0.6 is 0 Å². The zero-order valence-corrected chi connectivity index (χ0v) is 10.6. The largest absolute Gasteiger partial charge is 0.490 e. The Morgan fingerprint density at radius 3 is 2.20 bits per heavy atom. The Morgan fingerprint density at radius 2 is 1.75 bits per heavy atom. The summed E-state index contributed by atoms with van der Waals surface area (Å²) in [7, 11) is 0. The van der Waals surface area contributed by atoms with E-state index in [4.69, 9.17) is 9.84 Å². The number of benzene rings is 1. The van der Waals surface area contributed by atoms with Gasteiger partial charge in [0.25, 0.3) is 0 Å². The average molecular weight is 289 g/mol. The van der Waals surface area contributed by atoms with E-state index in [1.165, 1.54) is 17.0 Å². The van der Waals surface area contributed by atoms with Gasteiger partial charge in [0, 0.05) is 25.9 Å². The lowest BCUT2D eigenvalue weighted by atomic mass is 10.1. The van der Waals surface area contributed by atoms with Gasteiger partial charge in [-0.25, -0.2) is 4.79 Å². The number of carbonyl (C=O) groups is 1. The number of hydrogen-bond donors (Lipinski definition) is 1. The van der Waals surface area contributed by atoms with Gasteiger partial charge in [-0.1, -0.05) is 0 Å². The third-order valence-electron chi connectivity index (χ3n) is 3.20. The molecule has 1 aromatic rings. The molecule has 7 heteroatoms. The first kappa shape index (κ1) is 14.5. The fourth-order valence-corrected chi connectivity index (χ4v) is 2.08. The highest BCUT2D eigenvalue weighted by Gasteiger charge is 2.30. The lowest BCUT2D eigenvalue weighted by Crippen LogP contribution is -2.41. The Hall–Kier alpha value is -1.92. The summed E-state index contributed by atoms with van der Waals surface area (Å²) in [6, 6.07) is 4.52. The summed E-state index contributed by atoms with van der Waals surface area (Å²) < 4.78 is 42.7. The van der Waals surface area contributed by atoms with E-state index in [2.05, 4.69) is 0 Å². The number of halogens is 3. The van der Waals surface area contributed by atoms with Crippen molar-refractivity contribution in [1.82, 2.24) is 4.90 Å². The van der Waals surface area contributed by atoms with Crippen LogP contribution in [0.1, 0.15) is 18.4 Å². The fraction of sp³-hybridized carbons (Fsp3) is 0.462. The van der Waals surface area contributed by atoms with Gasteiger partial charge in [-0.15, -0.1) is 0 Å². The van der Waals surface area contributed by atoms with E-state index in [9.17, 15) is 18.0 Å². The van der Waals surface area contributed by atoms with E-state index in [1.54, 1.807) is 0 Å². The van der Waals surface area contributed by atoms with Crippen molar-refractivity contribution in [2.75, 3.05) is 13.1 Å². The maximum atomic E-state index is 12.4. The first-order valence-electron chi connectivity index (χ1n) is 6.18. The van der Waals surface area contributed by atoms with E-state index in [-0.39, 0.29) is 6.10 Å². The molecule has 0 aromatic heterocycles. The summed E-state index contributed by atoms with van der Waals surface area (Å²) in [5, 5.41) is 8.80. The SMILES string of the molecule is O=C(O)N1CCC(Oc2ccc(C(F)(F)F)cc2)CC1. The molecule has 1 saturated heterocycles. The molecule has 1 fully saturated rings. The Bertz CT molecular complexity index is 465. The molecule has 1 aliphatic rings. The molecule has 1 aliphatic heterocycles. The van der Waals surface area contributed by atoms with Crippen LogP contribution in [0, 0.1) is 0 Å². The second-order valence-electron chi connectivity index (χ2n) is 4.61. The molecule has 0 bridgehead atoms. The predicted molar refractivity (Wildman–Crippen MR) is 64.7 cm³/mol. The van der Waals surface area contributed by atoms with Crippen LogP contribution in [0.2, 0.25) is 0 Å². The summed E-state index contributed by atoms with van der Waals surface area (Å²) in [6.07, 6.45) is -4.41. The quantitative estimate of drug-likeness (QED) is 0.909. The van der Waals surface area contributed by atoms with Gasteiger partial charge in [0.2, 0.25) is 0 Å². The molecule has 1 heterocycles. The molecule has 0 unspecified atom stereocenters. The molecule has 110 valence electrons. The van der Waals surface area contributed by atoms with Gasteiger partial charge in [0.1, 0.15) is 11.9 Å². The van der Waals surface area contributed by atoms with Gasteiger partial charge >= 0.3 is 12.3 Å². The fourth-order valence-electron chi connectivity index (χ4n) is 2.08. The van der Waals surface area contributed by atoms with Gasteiger partial charge < -0.3 is 14.7 Å². The van der Waals surface area contributed by atoms with Crippen LogP contribution in [-0.4, -0.2) is 35.3 Å². The van der Waals surface area contributed by atoms with Crippen LogP contribution in [0.3, 0.4) is 0 Å². The summed E-state index contributed by atoms with van der Waals surface area (Å²) in [5.74, 6) is 0.367. The maximum Gasteiger partial charge on any atom is 0.416 e. The predicted octanol–water partition coefficient (Wildman–Crippen LogP) is 3.23. The zero-order chi connectivity index (χ0) is 14.8. The molecule has 20 heavy (non-hydrogen) atoms. The number of rotatable bonds is 2. The molecule has 1 N–H and O–H groups in total. The third kappa shape index (κ3) is 3.55. The normalized spacial score (nSPS) is 17.1. The molecule has 0 saturated carbocycles. The highest BCUT2D eigenvalue weighted by atomic mass is 19.4. The summed E-state index contributed by atoms with van der Waals surface area (Å²) in [6.45, 7) is 0.751. The number of amides is 1. The molecular weight excluding hydrogens is 275 g/mol. The minimum atomic E-state index is -4.36. The van der Waals surface area contributed by atoms with Gasteiger partial charge in [-0.05, 0) is 24.3 Å². The Balaban J connectivity index is 1.90. The lowest BCUT2D eigenvalue weighted by Gasteiger charge is -2.30. The minimum absolute atomic E-state index is 0.165. The van der Waals surface area contributed by atoms with Crippen LogP contribution in [-0.2, 0) is 6.18 Å². The number of likely N-dealkylation sites (tertiary alicyclic amines) is 1. The van der Waals surface area contributed by atoms with Gasteiger partial charge in [0.05, 0.1) is 5.56 Å². The maximum absolute atomic E-state index is 12.4. The van der Waals surface area contributed by atoms with E-state index in [0.29, 0.717) is 31.7 Å². The number of carboxylic acid groups (broad SMARTS) is 1. The van der Waals surface area contributed by atoms with Crippen molar-refractivity contribution in [2.24, 2.45) is 0 Å². The minimum Gasteiger partial charge on any atom is -0.490 e. The summed E-state index contributed by atoms with van der Waals surface area (Å²) in [5.41, 5.74) is -0.717. The lowest BCUT2D eigenvalue weighted by molar-refractivity contribution is -0.137. The molecule has 0 aliphatic carbocycles. The van der Waals surface area contributed by atoms with Gasteiger partial charge in [-0.2, -0.15) is 13.2 Å².